The molecule has 1 aromatic carbocycles. The highest BCUT2D eigenvalue weighted by Crippen LogP contribution is 2.33. The monoisotopic (exact) mass is 250 g/mol. The van der Waals surface area contributed by atoms with Crippen LogP contribution in [-0.2, 0) is 0 Å². The number of hydrogen-bond acceptors (Lipinski definition) is 1. The molecule has 16 heavy (non-hydrogen) atoms. The first kappa shape index (κ1) is 12.9. The molecule has 0 fully saturated rings. The van der Waals surface area contributed by atoms with E-state index in [0.29, 0.717) is 10.9 Å². The number of aromatic nitrogens is 1. The molecule has 1 atom stereocenters. The third-order valence-electron chi connectivity index (χ3n) is 2.32. The summed E-state index contributed by atoms with van der Waals surface area (Å²) >= 11 is 0. The standard InChI is InChI=1S/C10H9F3N2.ClH/c11-10(12,13)9(14)7-2-1-3-8-6(7)4-5-15-8;/h1-5,9,15H,14H2;1H/t9-;/m0./s1. The van der Waals surface area contributed by atoms with Crippen molar-refractivity contribution < 1.29 is 13.2 Å². The summed E-state index contributed by atoms with van der Waals surface area (Å²) in [5.74, 6) is 0. The fourth-order valence-corrected chi connectivity index (χ4v) is 1.56. The van der Waals surface area contributed by atoms with Crippen molar-refractivity contribution in [2.75, 3.05) is 0 Å². The van der Waals surface area contributed by atoms with Gasteiger partial charge in [0.1, 0.15) is 6.04 Å². The fraction of sp³-hybridized carbons (Fsp3) is 0.200. The van der Waals surface area contributed by atoms with Crippen molar-refractivity contribution in [3.05, 3.63) is 36.0 Å². The van der Waals surface area contributed by atoms with Crippen LogP contribution in [0.15, 0.2) is 30.5 Å². The molecule has 0 bridgehead atoms. The molecule has 2 nitrogen and oxygen atoms in total. The van der Waals surface area contributed by atoms with E-state index in [9.17, 15) is 13.2 Å². The molecular weight excluding hydrogens is 241 g/mol. The zero-order valence-corrected chi connectivity index (χ0v) is 8.90. The van der Waals surface area contributed by atoms with Crippen LogP contribution in [0.3, 0.4) is 0 Å². The molecule has 0 aliphatic carbocycles. The predicted molar refractivity (Wildman–Crippen MR) is 58.5 cm³/mol. The van der Waals surface area contributed by atoms with Gasteiger partial charge in [-0.15, -0.1) is 12.4 Å². The van der Waals surface area contributed by atoms with E-state index in [1.165, 1.54) is 6.07 Å². The summed E-state index contributed by atoms with van der Waals surface area (Å²) in [6.07, 6.45) is -2.82. The van der Waals surface area contributed by atoms with Crippen molar-refractivity contribution in [2.45, 2.75) is 12.2 Å². The van der Waals surface area contributed by atoms with Gasteiger partial charge in [-0.2, -0.15) is 13.2 Å². The summed E-state index contributed by atoms with van der Waals surface area (Å²) in [6, 6.07) is 4.32. The maximum Gasteiger partial charge on any atom is 0.407 e. The van der Waals surface area contributed by atoms with Crippen LogP contribution in [0, 0.1) is 0 Å². The lowest BCUT2D eigenvalue weighted by Crippen LogP contribution is -2.28. The number of fused-ring (bicyclic) bond motifs is 1. The van der Waals surface area contributed by atoms with E-state index in [-0.39, 0.29) is 18.0 Å². The number of alkyl halides is 3. The second-order valence-corrected chi connectivity index (χ2v) is 3.31. The molecular formula is C10H10ClF3N2. The van der Waals surface area contributed by atoms with E-state index < -0.39 is 12.2 Å². The quantitative estimate of drug-likeness (QED) is 0.802. The Morgan fingerprint density at radius 2 is 1.88 bits per heavy atom. The topological polar surface area (TPSA) is 41.8 Å². The number of benzene rings is 1. The number of nitrogens with one attached hydrogen (secondary N) is 1. The molecule has 0 aliphatic heterocycles. The molecule has 0 saturated carbocycles. The Labute approximate surface area is 96.0 Å². The molecule has 0 unspecified atom stereocenters. The van der Waals surface area contributed by atoms with Gasteiger partial charge in [-0.05, 0) is 17.7 Å². The highest BCUT2D eigenvalue weighted by molar-refractivity contribution is 5.85. The summed E-state index contributed by atoms with van der Waals surface area (Å²) in [6.45, 7) is 0. The molecule has 6 heteroatoms. The summed E-state index contributed by atoms with van der Waals surface area (Å²) in [5.41, 5.74) is 5.92. The van der Waals surface area contributed by atoms with Gasteiger partial charge in [-0.1, -0.05) is 12.1 Å². The Balaban J connectivity index is 0.00000128. The number of rotatable bonds is 1. The number of halogens is 4. The number of hydrogen-bond donors (Lipinski definition) is 2. The van der Waals surface area contributed by atoms with E-state index in [4.69, 9.17) is 5.73 Å². The molecule has 0 amide bonds. The Kier molecular flexibility index (Phi) is 3.50. The van der Waals surface area contributed by atoms with Crippen LogP contribution in [0.25, 0.3) is 10.9 Å². The van der Waals surface area contributed by atoms with Gasteiger partial charge in [0.2, 0.25) is 0 Å². The Bertz CT molecular complexity index is 478. The Hall–Kier alpha value is -1.20. The van der Waals surface area contributed by atoms with E-state index in [0.717, 1.165) is 0 Å². The lowest BCUT2D eigenvalue weighted by Gasteiger charge is -2.16. The van der Waals surface area contributed by atoms with Crippen molar-refractivity contribution in [3.63, 3.8) is 0 Å². The third-order valence-corrected chi connectivity index (χ3v) is 2.32. The summed E-state index contributed by atoms with van der Waals surface area (Å²) in [5, 5.41) is 0.516. The highest BCUT2D eigenvalue weighted by Gasteiger charge is 2.38. The first-order valence-corrected chi connectivity index (χ1v) is 4.38. The van der Waals surface area contributed by atoms with E-state index in [1.807, 2.05) is 0 Å². The van der Waals surface area contributed by atoms with E-state index >= 15 is 0 Å². The fourth-order valence-electron chi connectivity index (χ4n) is 1.56. The number of nitrogens with two attached hydrogens (primary N) is 1. The molecule has 2 rings (SSSR count). The van der Waals surface area contributed by atoms with Crippen LogP contribution in [0.4, 0.5) is 13.2 Å². The van der Waals surface area contributed by atoms with Gasteiger partial charge < -0.3 is 10.7 Å². The van der Waals surface area contributed by atoms with E-state index in [2.05, 4.69) is 4.98 Å². The van der Waals surface area contributed by atoms with Gasteiger partial charge in [-0.25, -0.2) is 0 Å². The van der Waals surface area contributed by atoms with Gasteiger partial charge in [0.15, 0.2) is 0 Å². The van der Waals surface area contributed by atoms with Crippen molar-refractivity contribution >= 4 is 23.3 Å². The van der Waals surface area contributed by atoms with Crippen LogP contribution in [0.2, 0.25) is 0 Å². The maximum absolute atomic E-state index is 12.4. The van der Waals surface area contributed by atoms with Crippen LogP contribution < -0.4 is 5.73 Å². The summed E-state index contributed by atoms with van der Waals surface area (Å²) in [7, 11) is 0. The third kappa shape index (κ3) is 2.15. The first-order valence-electron chi connectivity index (χ1n) is 4.38. The molecule has 0 aliphatic rings. The van der Waals surface area contributed by atoms with Crippen molar-refractivity contribution in [1.29, 1.82) is 0 Å². The smallest absolute Gasteiger partial charge is 0.361 e. The zero-order valence-electron chi connectivity index (χ0n) is 8.08. The van der Waals surface area contributed by atoms with Crippen LogP contribution >= 0.6 is 12.4 Å². The molecule has 2 aromatic rings. The van der Waals surface area contributed by atoms with Crippen LogP contribution in [-0.4, -0.2) is 11.2 Å². The molecule has 3 N–H and O–H groups in total. The summed E-state index contributed by atoms with van der Waals surface area (Å²) < 4.78 is 37.3. The Morgan fingerprint density at radius 3 is 2.50 bits per heavy atom. The van der Waals surface area contributed by atoms with Crippen LogP contribution in [0.5, 0.6) is 0 Å². The minimum atomic E-state index is -4.41. The lowest BCUT2D eigenvalue weighted by molar-refractivity contribution is -0.148. The second kappa shape index (κ2) is 4.35. The first-order chi connectivity index (χ1) is 7.00. The van der Waals surface area contributed by atoms with Gasteiger partial charge in [0.25, 0.3) is 0 Å². The second-order valence-electron chi connectivity index (χ2n) is 3.31. The van der Waals surface area contributed by atoms with Crippen molar-refractivity contribution in [3.8, 4) is 0 Å². The average molecular weight is 251 g/mol. The molecule has 1 heterocycles. The Morgan fingerprint density at radius 1 is 1.19 bits per heavy atom. The maximum atomic E-state index is 12.4. The minimum Gasteiger partial charge on any atom is -0.361 e. The normalized spacial score (nSPS) is 13.5. The van der Waals surface area contributed by atoms with Crippen molar-refractivity contribution in [1.82, 2.24) is 4.98 Å². The van der Waals surface area contributed by atoms with Crippen molar-refractivity contribution in [2.24, 2.45) is 5.73 Å². The van der Waals surface area contributed by atoms with Gasteiger partial charge in [-0.3, -0.25) is 0 Å². The summed E-state index contributed by atoms with van der Waals surface area (Å²) in [4.78, 5) is 2.84. The minimum absolute atomic E-state index is 0. The van der Waals surface area contributed by atoms with Gasteiger partial charge in [0, 0.05) is 17.1 Å². The number of aromatic amines is 1. The molecule has 0 saturated heterocycles. The lowest BCUT2D eigenvalue weighted by atomic mass is 10.0. The van der Waals surface area contributed by atoms with Gasteiger partial charge in [0.05, 0.1) is 0 Å². The predicted octanol–water partition coefficient (Wildman–Crippen LogP) is 3.15. The zero-order chi connectivity index (χ0) is 11.1. The van der Waals surface area contributed by atoms with E-state index in [1.54, 1.807) is 24.4 Å². The molecule has 88 valence electrons. The average Bonchev–Trinajstić information content (AvgIpc) is 2.62. The number of H-pyrrole nitrogens is 1. The molecule has 0 radical (unpaired) electrons. The molecule has 1 aromatic heterocycles. The highest BCUT2D eigenvalue weighted by atomic mass is 35.5. The van der Waals surface area contributed by atoms with Gasteiger partial charge >= 0.3 is 6.18 Å². The SMILES string of the molecule is Cl.N[C@@H](c1cccc2[nH]ccc12)C(F)(F)F. The van der Waals surface area contributed by atoms with Crippen LogP contribution in [0.1, 0.15) is 11.6 Å². The largest absolute Gasteiger partial charge is 0.407 e. The molecule has 0 spiro atoms.